The summed E-state index contributed by atoms with van der Waals surface area (Å²) in [4.78, 5) is 36.0. The van der Waals surface area contributed by atoms with Gasteiger partial charge >= 0.3 is 12.1 Å². The molecule has 2 aliphatic rings. The highest BCUT2D eigenvalue weighted by Gasteiger charge is 2.36. The van der Waals surface area contributed by atoms with Crippen LogP contribution in [-0.2, 0) is 14.3 Å². The number of carbonyl (C=O) groups excluding carboxylic acids is 2. The number of thioether (sulfide) groups is 1. The number of amides is 2. The maximum absolute atomic E-state index is 12.5. The molecule has 0 saturated carbocycles. The Balaban J connectivity index is 1.25. The molecule has 0 aromatic heterocycles. The molecule has 186 valence electrons. The number of aliphatic hydroxyl groups is 1. The van der Waals surface area contributed by atoms with E-state index in [9.17, 15) is 24.6 Å². The monoisotopic (exact) mass is 498 g/mol. The third-order valence-electron chi connectivity index (χ3n) is 6.59. The number of benzene rings is 2. The Bertz CT molecular complexity index is 1040. The lowest BCUT2D eigenvalue weighted by molar-refractivity contribution is -0.139. The molecule has 0 radical (unpaired) electrons. The zero-order valence-corrected chi connectivity index (χ0v) is 20.2. The average molecular weight is 499 g/mol. The van der Waals surface area contributed by atoms with Crippen molar-refractivity contribution in [3.05, 3.63) is 59.7 Å². The molecular formula is C26H30N2O6S. The van der Waals surface area contributed by atoms with Gasteiger partial charge in [0.1, 0.15) is 6.61 Å². The van der Waals surface area contributed by atoms with Gasteiger partial charge in [0.05, 0.1) is 24.5 Å². The molecule has 4 rings (SSSR count). The zero-order chi connectivity index (χ0) is 24.8. The molecule has 1 fully saturated rings. The van der Waals surface area contributed by atoms with Gasteiger partial charge in [0.25, 0.3) is 0 Å². The fraction of sp³-hybridized carbons (Fsp3) is 0.423. The minimum absolute atomic E-state index is 0.0667. The summed E-state index contributed by atoms with van der Waals surface area (Å²) in [6.45, 7) is 0.0119. The van der Waals surface area contributed by atoms with E-state index in [1.54, 1.807) is 11.8 Å². The second-order valence-electron chi connectivity index (χ2n) is 9.08. The molecule has 2 aromatic rings. The number of hydrogen-bond acceptors (Lipinski definition) is 6. The highest BCUT2D eigenvalue weighted by atomic mass is 32.2. The molecule has 4 N–H and O–H groups in total. The van der Waals surface area contributed by atoms with Crippen molar-refractivity contribution in [2.24, 2.45) is 0 Å². The van der Waals surface area contributed by atoms with Gasteiger partial charge in [0, 0.05) is 12.5 Å². The Morgan fingerprint density at radius 2 is 1.63 bits per heavy atom. The number of aliphatic carboxylic acids is 1. The number of ether oxygens (including phenoxy) is 1. The van der Waals surface area contributed by atoms with Crippen LogP contribution >= 0.6 is 11.8 Å². The number of nitrogens with one attached hydrogen (secondary N) is 2. The Hall–Kier alpha value is -3.04. The van der Waals surface area contributed by atoms with E-state index in [2.05, 4.69) is 22.8 Å². The smallest absolute Gasteiger partial charge is 0.407 e. The van der Waals surface area contributed by atoms with E-state index >= 15 is 0 Å². The summed E-state index contributed by atoms with van der Waals surface area (Å²) in [5.74, 6) is 0.0939. The van der Waals surface area contributed by atoms with Gasteiger partial charge in [-0.1, -0.05) is 48.5 Å². The average Bonchev–Trinajstić information content (AvgIpc) is 3.15. The number of alkyl carbamates (subject to hydrolysis) is 1. The van der Waals surface area contributed by atoms with Gasteiger partial charge in [-0.2, -0.15) is 11.8 Å². The summed E-state index contributed by atoms with van der Waals surface area (Å²) >= 11 is 1.73. The predicted molar refractivity (Wildman–Crippen MR) is 133 cm³/mol. The van der Waals surface area contributed by atoms with Crippen molar-refractivity contribution >= 4 is 29.7 Å². The molecule has 9 heteroatoms. The number of aliphatic hydroxyl groups excluding tert-OH is 1. The zero-order valence-electron chi connectivity index (χ0n) is 19.4. The number of fused-ring (bicyclic) bond motifs is 3. The quantitative estimate of drug-likeness (QED) is 0.419. The fourth-order valence-electron chi connectivity index (χ4n) is 4.88. The summed E-state index contributed by atoms with van der Waals surface area (Å²) in [6, 6.07) is 16.1. The molecule has 35 heavy (non-hydrogen) atoms. The third-order valence-corrected chi connectivity index (χ3v) is 7.58. The van der Waals surface area contributed by atoms with Crippen LogP contribution in [0.4, 0.5) is 4.79 Å². The summed E-state index contributed by atoms with van der Waals surface area (Å²) < 4.78 is 5.45. The Morgan fingerprint density at radius 1 is 1.03 bits per heavy atom. The summed E-state index contributed by atoms with van der Waals surface area (Å²) in [7, 11) is 0. The van der Waals surface area contributed by atoms with Gasteiger partial charge in [0.15, 0.2) is 0 Å². The minimum Gasteiger partial charge on any atom is -0.481 e. The van der Waals surface area contributed by atoms with Crippen molar-refractivity contribution in [2.45, 2.75) is 43.2 Å². The number of carboxylic acids is 1. The first-order chi connectivity index (χ1) is 16.9. The molecule has 1 unspecified atom stereocenters. The summed E-state index contributed by atoms with van der Waals surface area (Å²) in [5, 5.41) is 24.8. The molecule has 1 heterocycles. The van der Waals surface area contributed by atoms with E-state index in [-0.39, 0.29) is 31.9 Å². The maximum atomic E-state index is 12.5. The van der Waals surface area contributed by atoms with Crippen LogP contribution in [0.1, 0.15) is 42.7 Å². The molecule has 2 amide bonds. The number of hydrogen-bond donors (Lipinski definition) is 4. The first kappa shape index (κ1) is 25.1. The van der Waals surface area contributed by atoms with Crippen molar-refractivity contribution < 1.29 is 29.3 Å². The number of carbonyl (C=O) groups is 3. The van der Waals surface area contributed by atoms with Crippen LogP contribution in [0.2, 0.25) is 0 Å². The highest BCUT2D eigenvalue weighted by molar-refractivity contribution is 7.99. The number of rotatable bonds is 9. The van der Waals surface area contributed by atoms with Gasteiger partial charge < -0.3 is 25.6 Å². The maximum Gasteiger partial charge on any atom is 0.407 e. The van der Waals surface area contributed by atoms with Crippen molar-refractivity contribution in [2.75, 3.05) is 24.7 Å². The fourth-order valence-corrected chi connectivity index (χ4v) is 6.16. The van der Waals surface area contributed by atoms with E-state index in [4.69, 9.17) is 4.74 Å². The first-order valence-corrected chi connectivity index (χ1v) is 12.9. The highest BCUT2D eigenvalue weighted by Crippen LogP contribution is 2.44. The van der Waals surface area contributed by atoms with E-state index < -0.39 is 29.6 Å². The van der Waals surface area contributed by atoms with Crippen LogP contribution in [0, 0.1) is 0 Å². The summed E-state index contributed by atoms with van der Waals surface area (Å²) in [5.41, 5.74) is 3.70. The Morgan fingerprint density at radius 3 is 2.23 bits per heavy atom. The molecular weight excluding hydrogens is 468 g/mol. The molecule has 2 aromatic carbocycles. The van der Waals surface area contributed by atoms with Gasteiger partial charge in [-0.25, -0.2) is 4.79 Å². The Kier molecular flexibility index (Phi) is 7.97. The molecule has 0 bridgehead atoms. The second kappa shape index (κ2) is 11.1. The molecule has 1 atom stereocenters. The van der Waals surface area contributed by atoms with E-state index in [1.165, 1.54) is 0 Å². The van der Waals surface area contributed by atoms with Gasteiger partial charge in [-0.15, -0.1) is 0 Å². The van der Waals surface area contributed by atoms with Crippen LogP contribution in [0.15, 0.2) is 48.5 Å². The SMILES string of the molecule is O=C(O)CC1(NC(=O)CC(O)CNC(=O)OCC2c3ccccc3-c3ccccc32)CCSCC1. The standard InChI is InChI=1S/C26H30N2O6S/c29-17(13-23(30)28-26(14-24(31)32)9-11-35-12-10-26)15-27-25(33)34-16-22-20-7-3-1-5-18(20)19-6-2-4-8-21(19)22/h1-8,17,22,29H,9-16H2,(H,27,33)(H,28,30)(H,31,32). The molecule has 1 aliphatic carbocycles. The van der Waals surface area contributed by atoms with Gasteiger partial charge in [-0.3, -0.25) is 9.59 Å². The van der Waals surface area contributed by atoms with Gasteiger partial charge in [-0.05, 0) is 46.6 Å². The predicted octanol–water partition coefficient (Wildman–Crippen LogP) is 3.13. The van der Waals surface area contributed by atoms with Crippen LogP contribution in [0.25, 0.3) is 11.1 Å². The lowest BCUT2D eigenvalue weighted by Gasteiger charge is -2.37. The van der Waals surface area contributed by atoms with Gasteiger partial charge in [0.2, 0.25) is 5.91 Å². The molecule has 1 saturated heterocycles. The lowest BCUT2D eigenvalue weighted by Crippen LogP contribution is -2.53. The van der Waals surface area contributed by atoms with Crippen molar-refractivity contribution in [3.63, 3.8) is 0 Å². The molecule has 0 spiro atoms. The van der Waals surface area contributed by atoms with Crippen molar-refractivity contribution in [3.8, 4) is 11.1 Å². The molecule has 8 nitrogen and oxygen atoms in total. The largest absolute Gasteiger partial charge is 0.481 e. The second-order valence-corrected chi connectivity index (χ2v) is 10.3. The lowest BCUT2D eigenvalue weighted by atomic mass is 9.88. The van der Waals surface area contributed by atoms with Crippen molar-refractivity contribution in [1.29, 1.82) is 0 Å². The van der Waals surface area contributed by atoms with Crippen molar-refractivity contribution in [1.82, 2.24) is 10.6 Å². The minimum atomic E-state index is -1.12. The summed E-state index contributed by atoms with van der Waals surface area (Å²) in [6.07, 6.45) is -1.02. The number of carboxylic acid groups (broad SMARTS) is 1. The normalized spacial score (nSPS) is 17.1. The topological polar surface area (TPSA) is 125 Å². The van der Waals surface area contributed by atoms with Crippen LogP contribution < -0.4 is 10.6 Å². The Labute approximate surface area is 208 Å². The van der Waals surface area contributed by atoms with Crippen LogP contribution in [0.5, 0.6) is 0 Å². The van der Waals surface area contributed by atoms with Crippen LogP contribution in [-0.4, -0.2) is 64.5 Å². The van der Waals surface area contributed by atoms with E-state index in [1.807, 2.05) is 36.4 Å². The third kappa shape index (κ3) is 6.15. The first-order valence-electron chi connectivity index (χ1n) is 11.7. The van der Waals surface area contributed by atoms with E-state index in [0.29, 0.717) is 12.8 Å². The molecule has 1 aliphatic heterocycles. The van der Waals surface area contributed by atoms with Crippen LogP contribution in [0.3, 0.4) is 0 Å². The van der Waals surface area contributed by atoms with E-state index in [0.717, 1.165) is 33.8 Å².